The highest BCUT2D eigenvalue weighted by Gasteiger charge is 2.88. The van der Waals surface area contributed by atoms with Gasteiger partial charge in [0, 0.05) is 11.6 Å². The monoisotopic (exact) mass is 498 g/mol. The van der Waals surface area contributed by atoms with Crippen LogP contribution in [0.2, 0.25) is 0 Å². The molecule has 8 nitrogen and oxygen atoms in total. The lowest BCUT2D eigenvalue weighted by molar-refractivity contribution is -0.298. The van der Waals surface area contributed by atoms with Gasteiger partial charge in [-0.25, -0.2) is 4.79 Å². The molecule has 1 saturated heterocycles. The summed E-state index contributed by atoms with van der Waals surface area (Å²) in [5.74, 6) is 1.84. The van der Waals surface area contributed by atoms with Gasteiger partial charge in [0.25, 0.3) is 0 Å². The van der Waals surface area contributed by atoms with E-state index >= 15 is 0 Å². The van der Waals surface area contributed by atoms with Crippen molar-refractivity contribution in [3.8, 4) is 28.6 Å². The van der Waals surface area contributed by atoms with Gasteiger partial charge in [-0.15, -0.1) is 0 Å². The molecule has 6 rings (SSSR count). The van der Waals surface area contributed by atoms with Crippen LogP contribution in [0.15, 0.2) is 33.5 Å². The molecule has 0 amide bonds. The zero-order chi connectivity index (χ0) is 25.9. The van der Waals surface area contributed by atoms with Crippen molar-refractivity contribution in [3.05, 3.63) is 40.2 Å². The van der Waals surface area contributed by atoms with Crippen molar-refractivity contribution >= 4 is 0 Å². The molecule has 6 atom stereocenters. The maximum absolute atomic E-state index is 13.4. The van der Waals surface area contributed by atoms with Gasteiger partial charge in [0.05, 0.1) is 31.3 Å². The van der Waals surface area contributed by atoms with E-state index < -0.39 is 45.5 Å². The fourth-order valence-electron chi connectivity index (χ4n) is 7.79. The minimum absolute atomic E-state index is 0.303. The maximum Gasteiger partial charge on any atom is 0.346 e. The molecule has 4 aliphatic rings. The Morgan fingerprint density at radius 3 is 2.42 bits per heavy atom. The second-order valence-electron chi connectivity index (χ2n) is 11.8. The third-order valence-electron chi connectivity index (χ3n) is 10.0. The first-order valence-corrected chi connectivity index (χ1v) is 12.6. The maximum atomic E-state index is 13.4. The predicted molar refractivity (Wildman–Crippen MR) is 130 cm³/mol. The molecule has 0 bridgehead atoms. The molecule has 2 saturated carbocycles. The number of methoxy groups -OCH3 is 2. The Labute approximate surface area is 210 Å². The van der Waals surface area contributed by atoms with Gasteiger partial charge >= 0.3 is 5.63 Å². The molecule has 194 valence electrons. The fraction of sp³-hybridized carbons (Fsp3) is 0.607. The van der Waals surface area contributed by atoms with Crippen LogP contribution in [-0.4, -0.2) is 47.3 Å². The quantitative estimate of drug-likeness (QED) is 0.611. The molecular formula is C28H34O8. The van der Waals surface area contributed by atoms with Gasteiger partial charge in [-0.2, -0.15) is 0 Å². The molecule has 2 N–H and O–H groups in total. The summed E-state index contributed by atoms with van der Waals surface area (Å²) in [5.41, 5.74) is -4.15. The van der Waals surface area contributed by atoms with Gasteiger partial charge in [0.1, 0.15) is 34.4 Å². The zero-order valence-electron chi connectivity index (χ0n) is 21.6. The molecule has 8 heteroatoms. The Kier molecular flexibility index (Phi) is 4.67. The van der Waals surface area contributed by atoms with Crippen molar-refractivity contribution in [3.63, 3.8) is 0 Å². The minimum atomic E-state index is -1.19. The van der Waals surface area contributed by atoms with Gasteiger partial charge in [-0.1, -0.05) is 20.8 Å². The summed E-state index contributed by atoms with van der Waals surface area (Å²) in [6.45, 7) is 7.98. The lowest BCUT2D eigenvalue weighted by Gasteiger charge is -2.67. The summed E-state index contributed by atoms with van der Waals surface area (Å²) >= 11 is 0. The first-order valence-electron chi connectivity index (χ1n) is 12.6. The van der Waals surface area contributed by atoms with Crippen molar-refractivity contribution in [1.82, 2.24) is 0 Å². The third-order valence-corrected chi connectivity index (χ3v) is 10.0. The van der Waals surface area contributed by atoms with Crippen molar-refractivity contribution in [1.29, 1.82) is 0 Å². The molecule has 1 spiro atoms. The average molecular weight is 499 g/mol. The van der Waals surface area contributed by atoms with E-state index in [1.165, 1.54) is 0 Å². The highest BCUT2D eigenvalue weighted by Crippen LogP contribution is 2.78. The summed E-state index contributed by atoms with van der Waals surface area (Å²) < 4.78 is 29.6. The smallest absolute Gasteiger partial charge is 0.346 e. The SMILES string of the molecule is COc1ccc(-c2cc3c(c(=O)o2)[C@@H]2O[C@@]24[C@@]2(C)[C@H](O)CCC(C)(C)[C@]2(O)CC[C@@]4(C)O3)cc1OC. The van der Waals surface area contributed by atoms with E-state index in [0.29, 0.717) is 59.8 Å². The fourth-order valence-corrected chi connectivity index (χ4v) is 7.79. The number of hydrogen-bond donors (Lipinski definition) is 2. The molecule has 1 aromatic heterocycles. The van der Waals surface area contributed by atoms with Crippen molar-refractivity contribution in [2.24, 2.45) is 10.8 Å². The van der Waals surface area contributed by atoms with Crippen LogP contribution in [0.3, 0.4) is 0 Å². The summed E-state index contributed by atoms with van der Waals surface area (Å²) in [5, 5.41) is 23.6. The summed E-state index contributed by atoms with van der Waals surface area (Å²) in [4.78, 5) is 13.4. The summed E-state index contributed by atoms with van der Waals surface area (Å²) in [7, 11) is 3.10. The third kappa shape index (κ3) is 2.53. The van der Waals surface area contributed by atoms with Gasteiger partial charge in [-0.05, 0) is 56.2 Å². The van der Waals surface area contributed by atoms with Crippen molar-refractivity contribution in [2.75, 3.05) is 14.2 Å². The molecule has 2 aliphatic carbocycles. The van der Waals surface area contributed by atoms with Gasteiger partial charge in [0.15, 0.2) is 11.5 Å². The highest BCUT2D eigenvalue weighted by molar-refractivity contribution is 5.65. The molecule has 0 unspecified atom stereocenters. The van der Waals surface area contributed by atoms with E-state index in [9.17, 15) is 15.0 Å². The standard InChI is InChI=1S/C28H34O8/c1-24(2)10-9-20(29)26(4)27(24,31)12-11-25(3)28(26)22(36-28)21-19(35-25)14-17(34-23(21)30)15-7-8-16(32-5)18(13-15)33-6/h7-8,13-14,20,22,29,31H,9-12H2,1-6H3/t20-,22+,25-,26+,27-,28+/m1/s1. The summed E-state index contributed by atoms with van der Waals surface area (Å²) in [6, 6.07) is 7.00. The molecular weight excluding hydrogens is 464 g/mol. The molecule has 3 fully saturated rings. The predicted octanol–water partition coefficient (Wildman–Crippen LogP) is 4.00. The second kappa shape index (κ2) is 7.05. The number of aliphatic hydroxyl groups is 2. The number of fused-ring (bicyclic) bond motifs is 3. The van der Waals surface area contributed by atoms with E-state index in [1.807, 2.05) is 13.8 Å². The first-order chi connectivity index (χ1) is 16.9. The van der Waals surface area contributed by atoms with E-state index in [4.69, 9.17) is 23.4 Å². The van der Waals surface area contributed by atoms with Crippen LogP contribution in [0.4, 0.5) is 0 Å². The number of hydrogen-bond acceptors (Lipinski definition) is 8. The normalized spacial score (nSPS) is 39.6. The van der Waals surface area contributed by atoms with Crippen molar-refractivity contribution in [2.45, 2.75) is 82.4 Å². The molecule has 0 radical (unpaired) electrons. The Morgan fingerprint density at radius 2 is 1.72 bits per heavy atom. The molecule has 1 aromatic carbocycles. The number of ether oxygens (including phenoxy) is 4. The lowest BCUT2D eigenvalue weighted by atomic mass is 9.41. The molecule has 2 aromatic rings. The number of epoxide rings is 1. The van der Waals surface area contributed by atoms with E-state index in [1.54, 1.807) is 38.5 Å². The lowest BCUT2D eigenvalue weighted by Crippen LogP contribution is -2.78. The number of rotatable bonds is 3. The van der Waals surface area contributed by atoms with Crippen LogP contribution in [-0.2, 0) is 4.74 Å². The van der Waals surface area contributed by atoms with Crippen LogP contribution in [0.25, 0.3) is 11.3 Å². The van der Waals surface area contributed by atoms with Gasteiger partial charge in [-0.3, -0.25) is 0 Å². The number of aliphatic hydroxyl groups excluding tert-OH is 1. The van der Waals surface area contributed by atoms with Crippen molar-refractivity contribution < 1.29 is 33.6 Å². The first kappa shape index (κ1) is 23.8. The number of benzene rings is 1. The highest BCUT2D eigenvalue weighted by atomic mass is 16.7. The Hall–Kier alpha value is -2.55. The molecule has 2 aliphatic heterocycles. The van der Waals surface area contributed by atoms with Crippen LogP contribution >= 0.6 is 0 Å². The Balaban J connectivity index is 1.48. The largest absolute Gasteiger partial charge is 0.493 e. The van der Waals surface area contributed by atoms with E-state index in [-0.39, 0.29) is 0 Å². The Morgan fingerprint density at radius 1 is 1.00 bits per heavy atom. The molecule has 36 heavy (non-hydrogen) atoms. The molecule has 3 heterocycles. The van der Waals surface area contributed by atoms with Crippen LogP contribution < -0.4 is 19.8 Å². The van der Waals surface area contributed by atoms with Crippen LogP contribution in [0.5, 0.6) is 17.2 Å². The second-order valence-corrected chi connectivity index (χ2v) is 11.8. The van der Waals surface area contributed by atoms with Crippen LogP contribution in [0, 0.1) is 10.8 Å². The van der Waals surface area contributed by atoms with Gasteiger partial charge in [0.2, 0.25) is 0 Å². The average Bonchev–Trinajstić information content (AvgIpc) is 3.61. The Bertz CT molecular complexity index is 1320. The topological polar surface area (TPSA) is 111 Å². The van der Waals surface area contributed by atoms with E-state index in [2.05, 4.69) is 13.8 Å². The minimum Gasteiger partial charge on any atom is -0.493 e. The summed E-state index contributed by atoms with van der Waals surface area (Å²) in [6.07, 6.45) is 0.787. The van der Waals surface area contributed by atoms with Crippen LogP contribution in [0.1, 0.15) is 65.0 Å². The zero-order valence-corrected chi connectivity index (χ0v) is 21.6. The van der Waals surface area contributed by atoms with Gasteiger partial charge < -0.3 is 33.6 Å². The van der Waals surface area contributed by atoms with E-state index in [0.717, 1.165) is 0 Å².